The number of rotatable bonds is 3. The summed E-state index contributed by atoms with van der Waals surface area (Å²) >= 11 is 3.23. The van der Waals surface area contributed by atoms with Crippen LogP contribution in [0.4, 0.5) is 0 Å². The highest BCUT2D eigenvalue weighted by Gasteiger charge is 2.13. The van der Waals surface area contributed by atoms with Crippen molar-refractivity contribution in [1.82, 2.24) is 4.90 Å². The van der Waals surface area contributed by atoms with Crippen LogP contribution in [0.1, 0.15) is 20.8 Å². The number of hydrogen-bond donors (Lipinski definition) is 0. The van der Waals surface area contributed by atoms with Gasteiger partial charge in [0.05, 0.1) is 4.83 Å². The van der Waals surface area contributed by atoms with Crippen LogP contribution in [0.3, 0.4) is 0 Å². The van der Waals surface area contributed by atoms with Crippen LogP contribution in [-0.2, 0) is 4.79 Å². The van der Waals surface area contributed by atoms with Crippen molar-refractivity contribution in [1.29, 1.82) is 0 Å². The molecule has 0 rings (SSSR count). The second-order valence-corrected chi connectivity index (χ2v) is 3.50. The van der Waals surface area contributed by atoms with Gasteiger partial charge in [0.1, 0.15) is 0 Å². The Morgan fingerprint density at radius 1 is 1.50 bits per heavy atom. The van der Waals surface area contributed by atoms with Crippen LogP contribution in [0.5, 0.6) is 0 Å². The largest absolute Gasteiger partial charge is 0.342 e. The quantitative estimate of drug-likeness (QED) is 0.645. The van der Waals surface area contributed by atoms with Gasteiger partial charge in [-0.15, -0.1) is 0 Å². The van der Waals surface area contributed by atoms with Crippen molar-refractivity contribution in [2.45, 2.75) is 25.6 Å². The summed E-state index contributed by atoms with van der Waals surface area (Å²) in [4.78, 5) is 12.9. The van der Waals surface area contributed by atoms with E-state index < -0.39 is 0 Å². The van der Waals surface area contributed by atoms with E-state index in [-0.39, 0.29) is 10.7 Å². The van der Waals surface area contributed by atoms with E-state index in [1.807, 2.05) is 20.8 Å². The van der Waals surface area contributed by atoms with Crippen molar-refractivity contribution in [3.63, 3.8) is 0 Å². The molecule has 10 heavy (non-hydrogen) atoms. The van der Waals surface area contributed by atoms with Crippen molar-refractivity contribution in [2.24, 2.45) is 0 Å². The first-order chi connectivity index (χ1) is 4.63. The van der Waals surface area contributed by atoms with Gasteiger partial charge < -0.3 is 4.90 Å². The minimum Gasteiger partial charge on any atom is -0.342 e. The van der Waals surface area contributed by atoms with Crippen molar-refractivity contribution in [2.75, 3.05) is 13.1 Å². The highest BCUT2D eigenvalue weighted by atomic mass is 79.9. The van der Waals surface area contributed by atoms with Gasteiger partial charge in [0, 0.05) is 13.1 Å². The fourth-order valence-electron chi connectivity index (χ4n) is 0.787. The molecule has 60 valence electrons. The third kappa shape index (κ3) is 2.69. The number of halogens is 1. The van der Waals surface area contributed by atoms with Gasteiger partial charge in [0.2, 0.25) is 5.91 Å². The molecule has 0 heterocycles. The van der Waals surface area contributed by atoms with Crippen molar-refractivity contribution >= 4 is 21.8 Å². The minimum absolute atomic E-state index is 0.0487. The molecule has 0 aromatic heterocycles. The Morgan fingerprint density at radius 2 is 1.90 bits per heavy atom. The third-order valence-corrected chi connectivity index (χ3v) is 1.81. The van der Waals surface area contributed by atoms with E-state index in [1.54, 1.807) is 4.90 Å². The van der Waals surface area contributed by atoms with E-state index in [0.29, 0.717) is 0 Å². The average molecular weight is 208 g/mol. The maximum absolute atomic E-state index is 11.2. The van der Waals surface area contributed by atoms with Crippen LogP contribution in [0.15, 0.2) is 0 Å². The predicted octanol–water partition coefficient (Wildman–Crippen LogP) is 1.64. The molecule has 0 saturated heterocycles. The summed E-state index contributed by atoms with van der Waals surface area (Å²) in [5, 5.41) is 0. The molecule has 0 radical (unpaired) electrons. The standard InChI is InChI=1S/C7H14BrNO/c1-4-9(5-2)7(10)6(3)8/h6H,4-5H2,1-3H3/t6-/m0/s1. The maximum Gasteiger partial charge on any atom is 0.236 e. The summed E-state index contributed by atoms with van der Waals surface area (Å²) < 4.78 is 0. The van der Waals surface area contributed by atoms with Crippen molar-refractivity contribution in [3.05, 3.63) is 0 Å². The summed E-state index contributed by atoms with van der Waals surface area (Å²) in [6, 6.07) is 0. The molecule has 0 spiro atoms. The van der Waals surface area contributed by atoms with E-state index in [9.17, 15) is 4.79 Å². The summed E-state index contributed by atoms with van der Waals surface area (Å²) in [5.74, 6) is 0.171. The molecule has 0 saturated carbocycles. The monoisotopic (exact) mass is 207 g/mol. The van der Waals surface area contributed by atoms with Crippen LogP contribution in [0.2, 0.25) is 0 Å². The lowest BCUT2D eigenvalue weighted by atomic mass is 10.4. The Hall–Kier alpha value is -0.0500. The lowest BCUT2D eigenvalue weighted by molar-refractivity contribution is -0.129. The molecule has 1 amide bonds. The zero-order valence-corrected chi connectivity index (χ0v) is 8.31. The number of amides is 1. The van der Waals surface area contributed by atoms with Gasteiger partial charge in [-0.05, 0) is 20.8 Å². The number of carbonyl (C=O) groups is 1. The molecule has 0 bridgehead atoms. The topological polar surface area (TPSA) is 20.3 Å². The molecule has 0 fully saturated rings. The summed E-state index contributed by atoms with van der Waals surface area (Å²) in [5.41, 5.74) is 0. The van der Waals surface area contributed by atoms with Crippen LogP contribution in [0.25, 0.3) is 0 Å². The number of hydrogen-bond acceptors (Lipinski definition) is 1. The van der Waals surface area contributed by atoms with Gasteiger partial charge in [-0.3, -0.25) is 4.79 Å². The highest BCUT2D eigenvalue weighted by molar-refractivity contribution is 9.10. The van der Waals surface area contributed by atoms with Crippen LogP contribution >= 0.6 is 15.9 Å². The van der Waals surface area contributed by atoms with Gasteiger partial charge in [0.25, 0.3) is 0 Å². The molecule has 0 N–H and O–H groups in total. The minimum atomic E-state index is -0.0487. The van der Waals surface area contributed by atoms with Gasteiger partial charge in [-0.25, -0.2) is 0 Å². The first-order valence-electron chi connectivity index (χ1n) is 3.56. The Bertz CT molecular complexity index is 110. The molecule has 0 aromatic carbocycles. The smallest absolute Gasteiger partial charge is 0.236 e. The zero-order valence-electron chi connectivity index (χ0n) is 6.72. The van der Waals surface area contributed by atoms with Crippen molar-refractivity contribution in [3.8, 4) is 0 Å². The Morgan fingerprint density at radius 3 is 2.00 bits per heavy atom. The lowest BCUT2D eigenvalue weighted by Crippen LogP contribution is -2.34. The predicted molar refractivity (Wildman–Crippen MR) is 46.3 cm³/mol. The third-order valence-electron chi connectivity index (χ3n) is 1.42. The fraction of sp³-hybridized carbons (Fsp3) is 0.857. The molecule has 0 aromatic rings. The van der Waals surface area contributed by atoms with Gasteiger partial charge in [0.15, 0.2) is 0 Å². The fourth-order valence-corrected chi connectivity index (χ4v) is 1.08. The van der Waals surface area contributed by atoms with E-state index in [4.69, 9.17) is 0 Å². The molecular formula is C7H14BrNO. The second kappa shape index (κ2) is 4.72. The van der Waals surface area contributed by atoms with Gasteiger partial charge >= 0.3 is 0 Å². The van der Waals surface area contributed by atoms with E-state index in [2.05, 4.69) is 15.9 Å². The lowest BCUT2D eigenvalue weighted by Gasteiger charge is -2.19. The van der Waals surface area contributed by atoms with Gasteiger partial charge in [-0.1, -0.05) is 15.9 Å². The number of alkyl halides is 1. The van der Waals surface area contributed by atoms with Crippen LogP contribution < -0.4 is 0 Å². The molecule has 2 nitrogen and oxygen atoms in total. The Balaban J connectivity index is 3.89. The summed E-state index contributed by atoms with van der Waals surface area (Å²) in [6.07, 6.45) is 0. The summed E-state index contributed by atoms with van der Waals surface area (Å²) in [6.45, 7) is 7.41. The van der Waals surface area contributed by atoms with Crippen LogP contribution in [-0.4, -0.2) is 28.7 Å². The SMILES string of the molecule is CCN(CC)C(=O)[C@H](C)Br. The molecular weight excluding hydrogens is 194 g/mol. The normalized spacial score (nSPS) is 12.8. The zero-order chi connectivity index (χ0) is 8.15. The maximum atomic E-state index is 11.2. The van der Waals surface area contributed by atoms with Crippen LogP contribution in [0, 0.1) is 0 Å². The molecule has 3 heteroatoms. The second-order valence-electron chi connectivity index (χ2n) is 2.13. The molecule has 0 aliphatic heterocycles. The van der Waals surface area contributed by atoms with E-state index >= 15 is 0 Å². The molecule has 0 aliphatic rings. The molecule has 1 atom stereocenters. The Labute approximate surface area is 70.7 Å². The molecule has 0 aliphatic carbocycles. The summed E-state index contributed by atoms with van der Waals surface area (Å²) in [7, 11) is 0. The Kier molecular flexibility index (Phi) is 4.69. The van der Waals surface area contributed by atoms with E-state index in [1.165, 1.54) is 0 Å². The number of nitrogens with zero attached hydrogens (tertiary/aromatic N) is 1. The first-order valence-corrected chi connectivity index (χ1v) is 4.47. The van der Waals surface area contributed by atoms with Gasteiger partial charge in [-0.2, -0.15) is 0 Å². The van der Waals surface area contributed by atoms with Crippen molar-refractivity contribution < 1.29 is 4.79 Å². The molecule has 0 unspecified atom stereocenters. The number of carbonyl (C=O) groups excluding carboxylic acids is 1. The first kappa shape index (κ1) is 9.95. The highest BCUT2D eigenvalue weighted by Crippen LogP contribution is 2.02. The average Bonchev–Trinajstić information content (AvgIpc) is 1.90. The van der Waals surface area contributed by atoms with E-state index in [0.717, 1.165) is 13.1 Å².